The number of hydrogen-bond acceptors (Lipinski definition) is 4. The van der Waals surface area contributed by atoms with Crippen LogP contribution in [0.5, 0.6) is 0 Å². The Labute approximate surface area is 143 Å². The van der Waals surface area contributed by atoms with Gasteiger partial charge in [-0.15, -0.1) is 0 Å². The van der Waals surface area contributed by atoms with E-state index in [0.717, 1.165) is 15.7 Å². The fraction of sp³-hybridized carbons (Fsp3) is 0.0667. The fourth-order valence-electron chi connectivity index (χ4n) is 2.22. The van der Waals surface area contributed by atoms with Gasteiger partial charge < -0.3 is 5.11 Å². The van der Waals surface area contributed by atoms with E-state index < -0.39 is 17.1 Å². The molecule has 116 valence electrons. The van der Waals surface area contributed by atoms with E-state index in [2.05, 4.69) is 31.1 Å². The Bertz CT molecular complexity index is 970. The summed E-state index contributed by atoms with van der Waals surface area (Å²) in [5.41, 5.74) is 0.836. The molecule has 8 heteroatoms. The van der Waals surface area contributed by atoms with Crippen LogP contribution in [0.3, 0.4) is 0 Å². The molecule has 0 spiro atoms. The van der Waals surface area contributed by atoms with Crippen molar-refractivity contribution in [1.82, 2.24) is 15.2 Å². The molecule has 0 radical (unpaired) electrons. The number of H-pyrrole nitrogens is 1. The number of carboxylic acid groups (broad SMARTS) is 1. The van der Waals surface area contributed by atoms with Crippen molar-refractivity contribution in [3.63, 3.8) is 0 Å². The van der Waals surface area contributed by atoms with Gasteiger partial charge in [-0.3, -0.25) is 9.89 Å². The number of aromatic amines is 1. The number of benzene rings is 1. The van der Waals surface area contributed by atoms with Crippen molar-refractivity contribution >= 4 is 44.4 Å². The number of aromatic carboxylic acids is 1. The maximum absolute atomic E-state index is 12.1. The van der Waals surface area contributed by atoms with Crippen molar-refractivity contribution in [2.45, 2.75) is 6.42 Å². The molecule has 3 aromatic rings. The molecular formula is C15H9BrClN3O3. The lowest BCUT2D eigenvalue weighted by atomic mass is 10.0. The molecule has 1 aromatic carbocycles. The summed E-state index contributed by atoms with van der Waals surface area (Å²) >= 11 is 9.61. The maximum Gasteiger partial charge on any atom is 0.360 e. The van der Waals surface area contributed by atoms with Crippen LogP contribution in [0.1, 0.15) is 21.6 Å². The van der Waals surface area contributed by atoms with Gasteiger partial charge in [0.2, 0.25) is 11.1 Å². The highest BCUT2D eigenvalue weighted by Gasteiger charge is 2.16. The molecule has 0 unspecified atom stereocenters. The largest absolute Gasteiger partial charge is 0.476 e. The van der Waals surface area contributed by atoms with Gasteiger partial charge in [-0.1, -0.05) is 23.7 Å². The molecule has 23 heavy (non-hydrogen) atoms. The van der Waals surface area contributed by atoms with Crippen molar-refractivity contribution in [2.24, 2.45) is 0 Å². The molecule has 0 bridgehead atoms. The van der Waals surface area contributed by atoms with Crippen molar-refractivity contribution in [3.8, 4) is 0 Å². The van der Waals surface area contributed by atoms with E-state index in [1.165, 1.54) is 0 Å². The van der Waals surface area contributed by atoms with Gasteiger partial charge in [-0.25, -0.2) is 9.78 Å². The summed E-state index contributed by atoms with van der Waals surface area (Å²) in [6.45, 7) is 0. The zero-order valence-electron chi connectivity index (χ0n) is 11.5. The third kappa shape index (κ3) is 2.97. The zero-order valence-corrected chi connectivity index (χ0v) is 13.8. The van der Waals surface area contributed by atoms with E-state index in [0.29, 0.717) is 17.0 Å². The number of fused-ring (bicyclic) bond motifs is 1. The summed E-state index contributed by atoms with van der Waals surface area (Å²) in [5.74, 6) is -1.38. The zero-order chi connectivity index (χ0) is 16.6. The maximum atomic E-state index is 12.1. The van der Waals surface area contributed by atoms with Crippen LogP contribution in [0.2, 0.25) is 5.02 Å². The number of carboxylic acids is 1. The molecule has 0 atom stereocenters. The SMILES string of the molecule is O=C(O)c1n[nH]c2c(Cl)c(Cc3ccc(Br)nc3)ccc2c1=O. The van der Waals surface area contributed by atoms with Gasteiger partial charge in [0.1, 0.15) is 4.60 Å². The number of pyridine rings is 1. The lowest BCUT2D eigenvalue weighted by molar-refractivity contribution is 0.0688. The first kappa shape index (κ1) is 15.6. The molecule has 0 amide bonds. The molecule has 0 fully saturated rings. The van der Waals surface area contributed by atoms with Crippen molar-refractivity contribution in [2.75, 3.05) is 0 Å². The second-order valence-electron chi connectivity index (χ2n) is 4.83. The normalized spacial score (nSPS) is 10.9. The number of nitrogens with one attached hydrogen (secondary N) is 1. The molecule has 2 N–H and O–H groups in total. The molecule has 0 saturated carbocycles. The van der Waals surface area contributed by atoms with E-state index in [9.17, 15) is 9.59 Å². The standard InChI is InChI=1S/C15H9BrClN3O3/c16-10-4-1-7(6-18-10)5-8-2-3-9-12(11(8)17)19-20-13(14(9)21)15(22)23/h1-4,6H,5H2,(H,19,21)(H,22,23). The number of hydrogen-bond donors (Lipinski definition) is 2. The molecule has 2 heterocycles. The van der Waals surface area contributed by atoms with Gasteiger partial charge >= 0.3 is 5.97 Å². The molecule has 2 aromatic heterocycles. The van der Waals surface area contributed by atoms with Crippen LogP contribution in [-0.2, 0) is 6.42 Å². The van der Waals surface area contributed by atoms with Crippen LogP contribution in [-0.4, -0.2) is 26.3 Å². The van der Waals surface area contributed by atoms with Crippen LogP contribution in [0.15, 0.2) is 39.9 Å². The molecular weight excluding hydrogens is 386 g/mol. The quantitative estimate of drug-likeness (QED) is 0.666. The lowest BCUT2D eigenvalue weighted by Gasteiger charge is -2.08. The number of aromatic nitrogens is 3. The first-order chi connectivity index (χ1) is 11.0. The highest BCUT2D eigenvalue weighted by Crippen LogP contribution is 2.26. The van der Waals surface area contributed by atoms with Crippen LogP contribution < -0.4 is 5.43 Å². The Morgan fingerprint density at radius 1 is 1.30 bits per heavy atom. The molecule has 0 aliphatic rings. The van der Waals surface area contributed by atoms with Crippen LogP contribution >= 0.6 is 27.5 Å². The van der Waals surface area contributed by atoms with E-state index in [-0.39, 0.29) is 5.39 Å². The van der Waals surface area contributed by atoms with E-state index in [1.807, 2.05) is 12.1 Å². The summed E-state index contributed by atoms with van der Waals surface area (Å²) < 4.78 is 0.737. The lowest BCUT2D eigenvalue weighted by Crippen LogP contribution is -2.18. The second kappa shape index (κ2) is 6.10. The summed E-state index contributed by atoms with van der Waals surface area (Å²) in [5, 5.41) is 15.6. The predicted octanol–water partition coefficient (Wildman–Crippen LogP) is 3.02. The van der Waals surface area contributed by atoms with Crippen molar-refractivity contribution in [3.05, 3.63) is 67.1 Å². The highest BCUT2D eigenvalue weighted by molar-refractivity contribution is 9.10. The molecule has 0 saturated heterocycles. The Morgan fingerprint density at radius 3 is 2.74 bits per heavy atom. The molecule has 6 nitrogen and oxygen atoms in total. The second-order valence-corrected chi connectivity index (χ2v) is 6.02. The van der Waals surface area contributed by atoms with Crippen LogP contribution in [0, 0.1) is 0 Å². The summed E-state index contributed by atoms with van der Waals surface area (Å²) in [6.07, 6.45) is 2.25. The van der Waals surface area contributed by atoms with Gasteiger partial charge in [-0.05, 0) is 39.2 Å². The first-order valence-electron chi connectivity index (χ1n) is 6.51. The number of nitrogens with zero attached hydrogens (tertiary/aromatic N) is 2. The minimum Gasteiger partial charge on any atom is -0.476 e. The fourth-order valence-corrected chi connectivity index (χ4v) is 2.73. The summed E-state index contributed by atoms with van der Waals surface area (Å²) in [4.78, 5) is 27.2. The summed E-state index contributed by atoms with van der Waals surface area (Å²) in [6, 6.07) is 6.99. The summed E-state index contributed by atoms with van der Waals surface area (Å²) in [7, 11) is 0. The van der Waals surface area contributed by atoms with Gasteiger partial charge in [-0.2, -0.15) is 5.10 Å². The molecule has 0 aliphatic heterocycles. The first-order valence-corrected chi connectivity index (χ1v) is 7.68. The van der Waals surface area contributed by atoms with Gasteiger partial charge in [0.25, 0.3) is 0 Å². The Morgan fingerprint density at radius 2 is 2.09 bits per heavy atom. The van der Waals surface area contributed by atoms with E-state index >= 15 is 0 Å². The number of carbonyl (C=O) groups is 1. The smallest absolute Gasteiger partial charge is 0.360 e. The monoisotopic (exact) mass is 393 g/mol. The minimum atomic E-state index is -1.38. The highest BCUT2D eigenvalue weighted by atomic mass is 79.9. The Balaban J connectivity index is 2.09. The topological polar surface area (TPSA) is 95.9 Å². The molecule has 0 aliphatic carbocycles. The van der Waals surface area contributed by atoms with Crippen molar-refractivity contribution < 1.29 is 9.90 Å². The van der Waals surface area contributed by atoms with Gasteiger partial charge in [0, 0.05) is 12.6 Å². The van der Waals surface area contributed by atoms with Gasteiger partial charge in [0.15, 0.2) is 0 Å². The predicted molar refractivity (Wildman–Crippen MR) is 89.1 cm³/mol. The molecule has 3 rings (SSSR count). The van der Waals surface area contributed by atoms with Gasteiger partial charge in [0.05, 0.1) is 15.9 Å². The Kier molecular flexibility index (Phi) is 4.14. The van der Waals surface area contributed by atoms with Crippen LogP contribution in [0.4, 0.5) is 0 Å². The van der Waals surface area contributed by atoms with Crippen molar-refractivity contribution in [1.29, 1.82) is 0 Å². The minimum absolute atomic E-state index is 0.195. The van der Waals surface area contributed by atoms with E-state index in [4.69, 9.17) is 16.7 Å². The third-order valence-electron chi connectivity index (χ3n) is 3.35. The van der Waals surface area contributed by atoms with Crippen LogP contribution in [0.25, 0.3) is 10.9 Å². The third-order valence-corrected chi connectivity index (χ3v) is 4.25. The average Bonchev–Trinajstić information content (AvgIpc) is 2.52. The van der Waals surface area contributed by atoms with E-state index in [1.54, 1.807) is 18.3 Å². The average molecular weight is 395 g/mol. The number of rotatable bonds is 3. The number of halogens is 2. The Hall–Kier alpha value is -2.25.